The van der Waals surface area contributed by atoms with Gasteiger partial charge in [0.25, 0.3) is 0 Å². The maximum Gasteiger partial charge on any atom is 0.330 e. The second kappa shape index (κ2) is 8.57. The molecule has 6 nitrogen and oxygen atoms in total. The standard InChI is InChI=1S/C18H20N2O4/c1-2-17(22)24-12-4-3-11-19-18(23)20-15-9-5-8-14-13(15)7-6-10-16(14)21/h2,5-10,21H,1,3-4,11-12H2,(H2,19,20,23). The molecule has 2 rings (SSSR count). The van der Waals surface area contributed by atoms with E-state index in [2.05, 4.69) is 17.2 Å². The predicted octanol–water partition coefficient (Wildman–Crippen LogP) is 3.18. The summed E-state index contributed by atoms with van der Waals surface area (Å²) in [6.07, 6.45) is 2.46. The lowest BCUT2D eigenvalue weighted by molar-refractivity contribution is -0.137. The van der Waals surface area contributed by atoms with Crippen LogP contribution in [0.15, 0.2) is 49.1 Å². The van der Waals surface area contributed by atoms with Gasteiger partial charge in [0.05, 0.1) is 12.3 Å². The molecule has 126 valence electrons. The van der Waals surface area contributed by atoms with Gasteiger partial charge in [-0.1, -0.05) is 30.8 Å². The molecule has 0 fully saturated rings. The summed E-state index contributed by atoms with van der Waals surface area (Å²) in [5.41, 5.74) is 0.626. The zero-order chi connectivity index (χ0) is 17.4. The molecule has 0 atom stereocenters. The number of carbonyl (C=O) groups is 2. The topological polar surface area (TPSA) is 87.7 Å². The third-order valence-electron chi connectivity index (χ3n) is 3.41. The molecule has 0 radical (unpaired) electrons. The van der Waals surface area contributed by atoms with Gasteiger partial charge in [-0.25, -0.2) is 9.59 Å². The summed E-state index contributed by atoms with van der Waals surface area (Å²) in [6, 6.07) is 10.2. The van der Waals surface area contributed by atoms with Crippen LogP contribution in [0.2, 0.25) is 0 Å². The van der Waals surface area contributed by atoms with Crippen LogP contribution in [0.1, 0.15) is 12.8 Å². The number of anilines is 1. The van der Waals surface area contributed by atoms with E-state index in [1.165, 1.54) is 0 Å². The Bertz CT molecular complexity index is 743. The number of nitrogens with one attached hydrogen (secondary N) is 2. The van der Waals surface area contributed by atoms with E-state index in [0.29, 0.717) is 37.1 Å². The first kappa shape index (κ1) is 17.3. The lowest BCUT2D eigenvalue weighted by Crippen LogP contribution is -2.29. The summed E-state index contributed by atoms with van der Waals surface area (Å²) in [5.74, 6) is -0.273. The van der Waals surface area contributed by atoms with E-state index in [9.17, 15) is 14.7 Å². The number of ether oxygens (including phenoxy) is 1. The van der Waals surface area contributed by atoms with Crippen molar-refractivity contribution < 1.29 is 19.4 Å². The lowest BCUT2D eigenvalue weighted by atomic mass is 10.1. The summed E-state index contributed by atoms with van der Waals surface area (Å²) in [6.45, 7) is 4.08. The molecule has 0 saturated heterocycles. The highest BCUT2D eigenvalue weighted by atomic mass is 16.5. The maximum absolute atomic E-state index is 11.9. The second-order valence-corrected chi connectivity index (χ2v) is 5.14. The van der Waals surface area contributed by atoms with E-state index in [-0.39, 0.29) is 11.8 Å². The number of phenols is 1. The smallest absolute Gasteiger partial charge is 0.330 e. The first-order valence-electron chi connectivity index (χ1n) is 7.66. The molecule has 2 amide bonds. The highest BCUT2D eigenvalue weighted by Crippen LogP contribution is 2.29. The van der Waals surface area contributed by atoms with E-state index in [1.807, 2.05) is 6.07 Å². The maximum atomic E-state index is 11.9. The second-order valence-electron chi connectivity index (χ2n) is 5.14. The molecular formula is C18H20N2O4. The minimum absolute atomic E-state index is 0.172. The molecule has 2 aromatic carbocycles. The van der Waals surface area contributed by atoms with Gasteiger partial charge in [-0.15, -0.1) is 0 Å². The monoisotopic (exact) mass is 328 g/mol. The molecule has 0 aliphatic rings. The van der Waals surface area contributed by atoms with E-state index in [4.69, 9.17) is 4.74 Å². The first-order valence-corrected chi connectivity index (χ1v) is 7.66. The van der Waals surface area contributed by atoms with Crippen LogP contribution in [0.25, 0.3) is 10.8 Å². The molecule has 2 aromatic rings. The van der Waals surface area contributed by atoms with Crippen LogP contribution >= 0.6 is 0 Å². The normalized spacial score (nSPS) is 10.2. The fourth-order valence-electron chi connectivity index (χ4n) is 2.23. The van der Waals surface area contributed by atoms with Crippen LogP contribution in [0, 0.1) is 0 Å². The predicted molar refractivity (Wildman–Crippen MR) is 93.0 cm³/mol. The number of carbonyl (C=O) groups excluding carboxylic acids is 2. The molecule has 0 bridgehead atoms. The van der Waals surface area contributed by atoms with Crippen molar-refractivity contribution in [2.45, 2.75) is 12.8 Å². The summed E-state index contributed by atoms with van der Waals surface area (Å²) in [5, 5.41) is 16.8. The summed E-state index contributed by atoms with van der Waals surface area (Å²) in [7, 11) is 0. The van der Waals surface area contributed by atoms with Gasteiger partial charge in [0.15, 0.2) is 0 Å². The van der Waals surface area contributed by atoms with E-state index in [0.717, 1.165) is 11.5 Å². The van der Waals surface area contributed by atoms with E-state index < -0.39 is 5.97 Å². The van der Waals surface area contributed by atoms with Crippen LogP contribution in [0.3, 0.4) is 0 Å². The Morgan fingerprint density at radius 2 is 1.88 bits per heavy atom. The average Bonchev–Trinajstić information content (AvgIpc) is 2.58. The van der Waals surface area contributed by atoms with Crippen LogP contribution in [-0.4, -0.2) is 30.3 Å². The third kappa shape index (κ3) is 4.74. The Hall–Kier alpha value is -3.02. The van der Waals surface area contributed by atoms with Crippen LogP contribution in [0.5, 0.6) is 5.75 Å². The fraction of sp³-hybridized carbons (Fsp3) is 0.222. The number of benzene rings is 2. The van der Waals surface area contributed by atoms with Gasteiger partial charge < -0.3 is 20.5 Å². The fourth-order valence-corrected chi connectivity index (χ4v) is 2.23. The van der Waals surface area contributed by atoms with Crippen molar-refractivity contribution >= 4 is 28.5 Å². The van der Waals surface area contributed by atoms with Gasteiger partial charge in [-0.3, -0.25) is 0 Å². The number of aromatic hydroxyl groups is 1. The van der Waals surface area contributed by atoms with Crippen molar-refractivity contribution in [3.05, 3.63) is 49.1 Å². The zero-order valence-corrected chi connectivity index (χ0v) is 13.2. The van der Waals surface area contributed by atoms with Crippen molar-refractivity contribution in [1.82, 2.24) is 5.32 Å². The molecule has 0 aliphatic carbocycles. The molecule has 6 heteroatoms. The lowest BCUT2D eigenvalue weighted by Gasteiger charge is -2.10. The summed E-state index contributed by atoms with van der Waals surface area (Å²) >= 11 is 0. The van der Waals surface area contributed by atoms with Gasteiger partial charge in [-0.2, -0.15) is 0 Å². The van der Waals surface area contributed by atoms with E-state index in [1.54, 1.807) is 30.3 Å². The molecule has 24 heavy (non-hydrogen) atoms. The Balaban J connectivity index is 1.80. The number of rotatable bonds is 7. The molecule has 0 aliphatic heterocycles. The molecule has 0 aromatic heterocycles. The minimum Gasteiger partial charge on any atom is -0.507 e. The number of urea groups is 1. The molecule has 0 unspecified atom stereocenters. The Morgan fingerprint density at radius 3 is 2.67 bits per heavy atom. The highest BCUT2D eigenvalue weighted by Gasteiger charge is 2.07. The summed E-state index contributed by atoms with van der Waals surface area (Å²) < 4.78 is 4.84. The molecular weight excluding hydrogens is 308 g/mol. The number of amides is 2. The average molecular weight is 328 g/mol. The number of hydrogen-bond acceptors (Lipinski definition) is 4. The highest BCUT2D eigenvalue weighted by molar-refractivity contribution is 6.03. The van der Waals surface area contributed by atoms with Crippen molar-refractivity contribution in [3.63, 3.8) is 0 Å². The number of unbranched alkanes of at least 4 members (excludes halogenated alkanes) is 1. The Morgan fingerprint density at radius 1 is 1.12 bits per heavy atom. The van der Waals surface area contributed by atoms with E-state index >= 15 is 0 Å². The number of hydrogen-bond donors (Lipinski definition) is 3. The van der Waals surface area contributed by atoms with Gasteiger partial charge in [0.2, 0.25) is 0 Å². The minimum atomic E-state index is -0.445. The Kier molecular flexibility index (Phi) is 6.19. The van der Waals surface area contributed by atoms with Gasteiger partial charge in [-0.05, 0) is 25.0 Å². The quantitative estimate of drug-likeness (QED) is 0.414. The number of phenolic OH excluding ortho intramolecular Hbond substituents is 1. The Labute approximate surface area is 140 Å². The number of fused-ring (bicyclic) bond motifs is 1. The summed E-state index contributed by atoms with van der Waals surface area (Å²) in [4.78, 5) is 22.8. The van der Waals surface area contributed by atoms with Gasteiger partial charge >= 0.3 is 12.0 Å². The van der Waals surface area contributed by atoms with Crippen molar-refractivity contribution in [2.24, 2.45) is 0 Å². The zero-order valence-electron chi connectivity index (χ0n) is 13.2. The molecule has 3 N–H and O–H groups in total. The molecule has 0 spiro atoms. The number of esters is 1. The first-order chi connectivity index (χ1) is 11.6. The largest absolute Gasteiger partial charge is 0.507 e. The third-order valence-corrected chi connectivity index (χ3v) is 3.41. The molecule has 0 saturated carbocycles. The van der Waals surface area contributed by atoms with Gasteiger partial charge in [0.1, 0.15) is 5.75 Å². The van der Waals surface area contributed by atoms with Crippen LogP contribution < -0.4 is 10.6 Å². The van der Waals surface area contributed by atoms with Crippen LogP contribution in [-0.2, 0) is 9.53 Å². The van der Waals surface area contributed by atoms with Gasteiger partial charge in [0, 0.05) is 23.4 Å². The SMILES string of the molecule is C=CC(=O)OCCCCNC(=O)Nc1cccc2c(O)cccc12. The van der Waals surface area contributed by atoms with Crippen molar-refractivity contribution in [3.8, 4) is 5.75 Å². The van der Waals surface area contributed by atoms with Crippen molar-refractivity contribution in [2.75, 3.05) is 18.5 Å². The van der Waals surface area contributed by atoms with Crippen molar-refractivity contribution in [1.29, 1.82) is 0 Å². The van der Waals surface area contributed by atoms with Crippen LogP contribution in [0.4, 0.5) is 10.5 Å². The molecule has 0 heterocycles.